The van der Waals surface area contributed by atoms with Gasteiger partial charge in [0.1, 0.15) is 12.2 Å². The number of methoxy groups -OCH3 is 1. The van der Waals surface area contributed by atoms with Crippen molar-refractivity contribution in [2.24, 2.45) is 34.5 Å². The van der Waals surface area contributed by atoms with Crippen molar-refractivity contribution in [1.29, 1.82) is 0 Å². The van der Waals surface area contributed by atoms with E-state index in [0.29, 0.717) is 62.0 Å². The van der Waals surface area contributed by atoms with E-state index in [2.05, 4.69) is 83.7 Å². The Morgan fingerprint density at radius 3 is 1.46 bits per heavy atom. The Hall–Kier alpha value is -6.08. The molecule has 2 aliphatic carbocycles. The number of hydrogen-bond donors (Lipinski definition) is 1. The molecule has 4 aromatic carbocycles. The number of aromatic nitrogens is 2. The van der Waals surface area contributed by atoms with E-state index in [1.807, 2.05) is 61.5 Å². The number of carboxylic acids is 1. The number of nitrogens with zero attached hydrogens (tertiary/aromatic N) is 4. The Labute approximate surface area is 539 Å². The number of para-hydroxylation sites is 2. The summed E-state index contributed by atoms with van der Waals surface area (Å²) in [5, 5.41) is 11.2. The summed E-state index contributed by atoms with van der Waals surface area (Å²) in [4.78, 5) is 94.8. The number of ether oxygens (including phenoxy) is 3. The molecule has 6 aliphatic rings. The Kier molecular flexibility index (Phi) is 21.8. The molecule has 4 aliphatic heterocycles. The number of allylic oxidation sites excluding steroid dienone is 4. The first-order valence-corrected chi connectivity index (χ1v) is 32.3. The maximum Gasteiger partial charge on any atom is 1.00 e. The third-order valence-electron chi connectivity index (χ3n) is 18.7. The van der Waals surface area contributed by atoms with E-state index in [1.165, 1.54) is 40.9 Å². The first kappa shape index (κ1) is 65.4. The molecule has 2 saturated heterocycles. The number of carbonyl (C=O) groups is 6. The fourth-order valence-corrected chi connectivity index (χ4v) is 15.3. The second kappa shape index (κ2) is 29.0. The SMILES string of the molecule is COC(=O)[C@]12CC(=O)[C@@H]3C[C@@H](Oc4nc5ccccc5s4)CN3C(=O)[C@@H](Cc3ccc(C)cc3)CCCCC/C=C\[C@@H]1C2.Cc1ccc(C[C@H]2CCCCC/C=C\[C@@H]3C[C@@]3(C(=O)O)CC(=O)[C@@H]3C[C@@H](Oc4nc5ccccc5s4)CN3C2=O)cc1.[Na+].[OH-]. The molecule has 18 heteroatoms. The van der Waals surface area contributed by atoms with Crippen molar-refractivity contribution in [3.8, 4) is 10.4 Å². The first-order valence-electron chi connectivity index (χ1n) is 30.7. The maximum atomic E-state index is 14.4. The summed E-state index contributed by atoms with van der Waals surface area (Å²) in [6.45, 7) is 4.72. The number of Topliss-reactive ketones (excluding diaryl/α,β-unsaturated/α-hetero) is 2. The van der Waals surface area contributed by atoms with Gasteiger partial charge in [0, 0.05) is 37.5 Å². The normalized spacial score (nSPS) is 28.4. The standard InChI is InChI=1S/C35H40N2O5S.C34H38N2O5S.Na.H2O/c1-23-14-16-24(17-15-23)18-25-10-6-4-3-5-7-11-26-20-35(26,33(40)41-2)21-30(38)29-19-27(22-37(29)32(25)39)42-34-36-28-12-8-9-13-31(28)43-34;1-22-13-15-23(16-14-22)17-24-9-5-3-2-4-6-10-25-19-34(25,32(39)40)20-29(37)28-18-26(21-36(28)31(24)38)41-33-35-27-11-7-8-12-30(27)42-33;;/h7-9,11-17,25-27,29H,3-6,10,18-22H2,1-2H3;6-8,10-16,24-26,28H,2-5,9,17-21H2,1H3,(H,39,40);;1H2/q;;+1;/p-1/b11-7-;10-6-;;/t25-,26-,27-,29+,35-;24-,25-,26-,28+,34-;;/m11../s1. The molecule has 0 radical (unpaired) electrons. The van der Waals surface area contributed by atoms with Crippen LogP contribution in [0.3, 0.4) is 0 Å². The van der Waals surface area contributed by atoms with Crippen molar-refractivity contribution in [2.45, 2.75) is 154 Å². The Balaban J connectivity index is 0.000000203. The molecule has 6 heterocycles. The van der Waals surface area contributed by atoms with Gasteiger partial charge in [-0.15, -0.1) is 0 Å². The van der Waals surface area contributed by atoms with Gasteiger partial charge in [-0.05, 0) is 125 Å². The fraction of sp³-hybridized carbons (Fsp3) is 0.478. The van der Waals surface area contributed by atoms with Crippen LogP contribution in [0.25, 0.3) is 20.4 Å². The van der Waals surface area contributed by atoms with Crippen molar-refractivity contribution in [1.82, 2.24) is 19.8 Å². The summed E-state index contributed by atoms with van der Waals surface area (Å²) < 4.78 is 19.9. The molecule has 454 valence electrons. The summed E-state index contributed by atoms with van der Waals surface area (Å²) in [5.74, 6) is -2.20. The van der Waals surface area contributed by atoms with Crippen molar-refractivity contribution < 1.29 is 83.1 Å². The molecule has 2 aromatic heterocycles. The average Bonchev–Trinajstić information content (AvgIpc) is 1.62. The van der Waals surface area contributed by atoms with Crippen LogP contribution < -0.4 is 39.0 Å². The van der Waals surface area contributed by atoms with Gasteiger partial charge in [-0.25, -0.2) is 9.97 Å². The largest absolute Gasteiger partial charge is 1.00 e. The van der Waals surface area contributed by atoms with E-state index >= 15 is 0 Å². The van der Waals surface area contributed by atoms with E-state index in [1.54, 1.807) is 9.80 Å². The minimum absolute atomic E-state index is 0. The van der Waals surface area contributed by atoms with Gasteiger partial charge in [0.2, 0.25) is 11.8 Å². The molecule has 0 spiro atoms. The number of carbonyl (C=O) groups excluding carboxylic acids is 5. The van der Waals surface area contributed by atoms with Crippen LogP contribution in [0.15, 0.2) is 121 Å². The number of aryl methyl sites for hydroxylation is 2. The van der Waals surface area contributed by atoms with Crippen LogP contribution in [-0.2, 0) is 46.3 Å². The van der Waals surface area contributed by atoms with Gasteiger partial charge in [-0.2, -0.15) is 0 Å². The topological polar surface area (TPSA) is 213 Å². The number of carboxylic acid groups (broad SMARTS) is 1. The molecule has 15 nitrogen and oxygen atoms in total. The predicted molar refractivity (Wildman–Crippen MR) is 331 cm³/mol. The van der Waals surface area contributed by atoms with Crippen molar-refractivity contribution in [3.63, 3.8) is 0 Å². The number of amides is 2. The van der Waals surface area contributed by atoms with Gasteiger partial charge in [0.05, 0.1) is 63.5 Å². The minimum Gasteiger partial charge on any atom is -0.870 e. The average molecular weight is 1230 g/mol. The van der Waals surface area contributed by atoms with Crippen molar-refractivity contribution >= 4 is 78.4 Å². The first-order chi connectivity index (χ1) is 41.2. The van der Waals surface area contributed by atoms with E-state index in [-0.39, 0.29) is 107 Å². The van der Waals surface area contributed by atoms with Crippen LogP contribution in [0.5, 0.6) is 10.4 Å². The third-order valence-corrected chi connectivity index (χ3v) is 20.5. The molecule has 2 amide bonds. The van der Waals surface area contributed by atoms with Crippen LogP contribution in [-0.4, -0.2) is 110 Å². The van der Waals surface area contributed by atoms with Crippen molar-refractivity contribution in [3.05, 3.63) is 144 Å². The molecule has 2 N–H and O–H groups in total. The number of esters is 1. The molecule has 0 unspecified atom stereocenters. The molecule has 2 saturated carbocycles. The van der Waals surface area contributed by atoms with E-state index < -0.39 is 35.0 Å². The predicted octanol–water partition coefficient (Wildman–Crippen LogP) is 9.68. The van der Waals surface area contributed by atoms with Crippen molar-refractivity contribution in [2.75, 3.05) is 20.2 Å². The Bertz CT molecular complexity index is 3410. The Morgan fingerprint density at radius 1 is 0.598 bits per heavy atom. The monoisotopic (exact) mass is 1230 g/mol. The number of rotatable bonds is 10. The molecule has 12 rings (SSSR count). The quantitative estimate of drug-likeness (QED) is 0.0770. The van der Waals surface area contributed by atoms with E-state index in [4.69, 9.17) is 14.2 Å². The number of thiazole rings is 2. The molecule has 87 heavy (non-hydrogen) atoms. The summed E-state index contributed by atoms with van der Waals surface area (Å²) in [5.41, 5.74) is 4.39. The summed E-state index contributed by atoms with van der Waals surface area (Å²) in [7, 11) is 1.39. The van der Waals surface area contributed by atoms with Crippen LogP contribution >= 0.6 is 22.7 Å². The summed E-state index contributed by atoms with van der Waals surface area (Å²) in [6, 6.07) is 31.0. The number of ketones is 2. The maximum absolute atomic E-state index is 14.4. The zero-order valence-corrected chi connectivity index (χ0v) is 54.1. The molecular formula is C69H79N4NaO11S2. The molecule has 6 aromatic rings. The minimum atomic E-state index is -1.07. The third kappa shape index (κ3) is 15.3. The van der Waals surface area contributed by atoms with E-state index in [9.17, 15) is 33.9 Å². The van der Waals surface area contributed by atoms with Crippen LogP contribution in [0.2, 0.25) is 0 Å². The molecule has 10 atom stereocenters. The smallest absolute Gasteiger partial charge is 0.870 e. The zero-order valence-electron chi connectivity index (χ0n) is 50.5. The van der Waals surface area contributed by atoms with Crippen LogP contribution in [0.4, 0.5) is 0 Å². The van der Waals surface area contributed by atoms with Gasteiger partial charge in [0.15, 0.2) is 11.6 Å². The van der Waals surface area contributed by atoms with Crippen LogP contribution in [0, 0.1) is 48.3 Å². The summed E-state index contributed by atoms with van der Waals surface area (Å²) >= 11 is 2.93. The Morgan fingerprint density at radius 2 is 1.02 bits per heavy atom. The fourth-order valence-electron chi connectivity index (χ4n) is 13.5. The number of benzene rings is 4. The second-order valence-electron chi connectivity index (χ2n) is 24.8. The van der Waals surface area contributed by atoms with E-state index in [0.717, 1.165) is 95.8 Å². The van der Waals surface area contributed by atoms with Gasteiger partial charge in [-0.3, -0.25) is 28.8 Å². The zero-order chi connectivity index (χ0) is 59.2. The molecular weight excluding hydrogens is 1150 g/mol. The summed E-state index contributed by atoms with van der Waals surface area (Å²) in [6.07, 6.45) is 19.9. The number of fused-ring (bicyclic) bond motifs is 6. The molecule has 4 fully saturated rings. The number of hydrogen-bond acceptors (Lipinski definition) is 14. The van der Waals surface area contributed by atoms with Gasteiger partial charge in [0.25, 0.3) is 10.4 Å². The van der Waals surface area contributed by atoms with Gasteiger partial charge >= 0.3 is 41.5 Å². The van der Waals surface area contributed by atoms with Gasteiger partial charge < -0.3 is 34.6 Å². The van der Waals surface area contributed by atoms with Gasteiger partial charge in [-0.1, -0.05) is 157 Å². The van der Waals surface area contributed by atoms with Crippen LogP contribution in [0.1, 0.15) is 125 Å². The number of aliphatic carboxylic acids is 1. The second-order valence-corrected chi connectivity index (χ2v) is 26.8. The molecule has 0 bridgehead atoms.